The molecule has 90 valence electrons. The zero-order valence-corrected chi connectivity index (χ0v) is 10.4. The second kappa shape index (κ2) is 4.69. The smallest absolute Gasteiger partial charge is 0.304 e. The fourth-order valence-electron chi connectivity index (χ4n) is 2.36. The summed E-state index contributed by atoms with van der Waals surface area (Å²) in [6.07, 6.45) is 3.56. The maximum absolute atomic E-state index is 10.9. The molecule has 4 nitrogen and oxygen atoms in total. The SMILES string of the molecule is CC1(CNCc2csc(=O)[nH]2)CCCC1N. The maximum atomic E-state index is 10.9. The van der Waals surface area contributed by atoms with Gasteiger partial charge in [-0.2, -0.15) is 0 Å². The number of aromatic amines is 1. The van der Waals surface area contributed by atoms with Crippen LogP contribution in [0.15, 0.2) is 10.2 Å². The van der Waals surface area contributed by atoms with Gasteiger partial charge in [0.05, 0.1) is 0 Å². The second-order valence-corrected chi connectivity index (χ2v) is 5.77. The molecule has 1 aromatic rings. The van der Waals surface area contributed by atoms with Crippen molar-refractivity contribution in [2.45, 2.75) is 38.8 Å². The molecule has 0 amide bonds. The maximum Gasteiger partial charge on any atom is 0.304 e. The molecule has 0 aromatic carbocycles. The molecule has 1 saturated carbocycles. The number of thiazole rings is 1. The van der Waals surface area contributed by atoms with Crippen LogP contribution in [0, 0.1) is 5.41 Å². The van der Waals surface area contributed by atoms with Crippen LogP contribution in [0.5, 0.6) is 0 Å². The largest absolute Gasteiger partial charge is 0.327 e. The van der Waals surface area contributed by atoms with Crippen molar-refractivity contribution in [3.63, 3.8) is 0 Å². The zero-order valence-electron chi connectivity index (χ0n) is 9.58. The van der Waals surface area contributed by atoms with Crippen LogP contribution < -0.4 is 15.9 Å². The summed E-state index contributed by atoms with van der Waals surface area (Å²) in [5.41, 5.74) is 7.28. The van der Waals surface area contributed by atoms with Gasteiger partial charge in [-0.25, -0.2) is 0 Å². The number of rotatable bonds is 4. The van der Waals surface area contributed by atoms with Crippen LogP contribution in [-0.4, -0.2) is 17.6 Å². The molecule has 1 fully saturated rings. The molecular weight excluding hydrogens is 222 g/mol. The number of hydrogen-bond donors (Lipinski definition) is 3. The van der Waals surface area contributed by atoms with Crippen molar-refractivity contribution in [2.24, 2.45) is 11.1 Å². The summed E-state index contributed by atoms with van der Waals surface area (Å²) in [4.78, 5) is 13.7. The van der Waals surface area contributed by atoms with Crippen molar-refractivity contribution in [3.05, 3.63) is 20.7 Å². The van der Waals surface area contributed by atoms with Crippen LogP contribution in [0.2, 0.25) is 0 Å². The fraction of sp³-hybridized carbons (Fsp3) is 0.727. The average Bonchev–Trinajstić information content (AvgIpc) is 2.76. The average molecular weight is 241 g/mol. The Morgan fingerprint density at radius 3 is 3.12 bits per heavy atom. The first-order valence-corrected chi connectivity index (χ1v) is 6.61. The summed E-state index contributed by atoms with van der Waals surface area (Å²) in [6.45, 7) is 3.89. The molecule has 2 unspecified atom stereocenters. The topological polar surface area (TPSA) is 70.9 Å². The molecule has 4 N–H and O–H groups in total. The van der Waals surface area contributed by atoms with Gasteiger partial charge in [-0.15, -0.1) is 0 Å². The normalized spacial score (nSPS) is 29.8. The third-order valence-electron chi connectivity index (χ3n) is 3.57. The van der Waals surface area contributed by atoms with Gasteiger partial charge in [-0.1, -0.05) is 24.7 Å². The van der Waals surface area contributed by atoms with Gasteiger partial charge in [0.25, 0.3) is 0 Å². The minimum atomic E-state index is 0.0144. The van der Waals surface area contributed by atoms with Crippen molar-refractivity contribution >= 4 is 11.3 Å². The first-order valence-electron chi connectivity index (χ1n) is 5.73. The monoisotopic (exact) mass is 241 g/mol. The molecule has 1 aliphatic rings. The van der Waals surface area contributed by atoms with E-state index in [-0.39, 0.29) is 10.3 Å². The van der Waals surface area contributed by atoms with E-state index < -0.39 is 0 Å². The number of hydrogen-bond acceptors (Lipinski definition) is 4. The molecule has 0 bridgehead atoms. The van der Waals surface area contributed by atoms with Gasteiger partial charge in [-0.3, -0.25) is 4.79 Å². The number of nitrogens with two attached hydrogens (primary N) is 1. The van der Waals surface area contributed by atoms with E-state index in [1.54, 1.807) is 0 Å². The predicted molar refractivity (Wildman–Crippen MR) is 66.6 cm³/mol. The van der Waals surface area contributed by atoms with Crippen LogP contribution >= 0.6 is 11.3 Å². The third kappa shape index (κ3) is 2.53. The van der Waals surface area contributed by atoms with E-state index in [1.807, 2.05) is 5.38 Å². The molecule has 0 saturated heterocycles. The quantitative estimate of drug-likeness (QED) is 0.737. The summed E-state index contributed by atoms with van der Waals surface area (Å²) >= 11 is 1.21. The molecule has 1 aliphatic carbocycles. The lowest BCUT2D eigenvalue weighted by Crippen LogP contribution is -2.42. The standard InChI is InChI=1S/C11H19N3OS/c1-11(4-2-3-9(11)12)7-13-5-8-6-16-10(15)14-8/h6,9,13H,2-5,7,12H2,1H3,(H,14,15). The number of nitrogens with one attached hydrogen (secondary N) is 2. The fourth-order valence-corrected chi connectivity index (χ4v) is 2.94. The summed E-state index contributed by atoms with van der Waals surface area (Å²) in [6, 6.07) is 0.307. The van der Waals surface area contributed by atoms with Gasteiger partial charge in [0.15, 0.2) is 0 Å². The molecule has 2 rings (SSSR count). The highest BCUT2D eigenvalue weighted by molar-refractivity contribution is 7.07. The van der Waals surface area contributed by atoms with Crippen LogP contribution in [-0.2, 0) is 6.54 Å². The van der Waals surface area contributed by atoms with Crippen LogP contribution in [0.1, 0.15) is 31.9 Å². The van der Waals surface area contributed by atoms with E-state index >= 15 is 0 Å². The van der Waals surface area contributed by atoms with Gasteiger partial charge >= 0.3 is 4.87 Å². The molecule has 0 aliphatic heterocycles. The molecule has 0 radical (unpaired) electrons. The third-order valence-corrected chi connectivity index (χ3v) is 4.29. The Hall–Kier alpha value is -0.650. The summed E-state index contributed by atoms with van der Waals surface area (Å²) in [5, 5.41) is 5.25. The first-order chi connectivity index (χ1) is 7.60. The molecule has 2 atom stereocenters. The Balaban J connectivity index is 1.82. The lowest BCUT2D eigenvalue weighted by Gasteiger charge is -2.29. The lowest BCUT2D eigenvalue weighted by atomic mass is 9.85. The minimum absolute atomic E-state index is 0.0144. The first kappa shape index (κ1) is 11.8. The van der Waals surface area contributed by atoms with Gasteiger partial charge < -0.3 is 16.0 Å². The molecular formula is C11H19N3OS. The summed E-state index contributed by atoms with van der Waals surface area (Å²) in [5.74, 6) is 0. The number of aromatic nitrogens is 1. The Morgan fingerprint density at radius 2 is 2.56 bits per heavy atom. The van der Waals surface area contributed by atoms with Crippen LogP contribution in [0.25, 0.3) is 0 Å². The van der Waals surface area contributed by atoms with Crippen molar-refractivity contribution in [1.29, 1.82) is 0 Å². The van der Waals surface area contributed by atoms with Gasteiger partial charge in [-0.05, 0) is 18.3 Å². The molecule has 5 heteroatoms. The van der Waals surface area contributed by atoms with E-state index in [0.717, 1.165) is 25.2 Å². The Morgan fingerprint density at radius 1 is 1.75 bits per heavy atom. The van der Waals surface area contributed by atoms with Gasteiger partial charge in [0.1, 0.15) is 0 Å². The van der Waals surface area contributed by atoms with Gasteiger partial charge in [0.2, 0.25) is 0 Å². The van der Waals surface area contributed by atoms with Crippen molar-refractivity contribution in [1.82, 2.24) is 10.3 Å². The predicted octanol–water partition coefficient (Wildman–Crippen LogP) is 1.04. The van der Waals surface area contributed by atoms with E-state index in [9.17, 15) is 4.79 Å². The zero-order chi connectivity index (χ0) is 11.6. The highest BCUT2D eigenvalue weighted by Crippen LogP contribution is 2.35. The Bertz CT molecular complexity index is 400. The van der Waals surface area contributed by atoms with Crippen molar-refractivity contribution < 1.29 is 0 Å². The van der Waals surface area contributed by atoms with Gasteiger partial charge in [0, 0.05) is 30.2 Å². The molecule has 0 spiro atoms. The van der Waals surface area contributed by atoms with E-state index in [4.69, 9.17) is 5.73 Å². The molecule has 16 heavy (non-hydrogen) atoms. The molecule has 1 heterocycles. The number of H-pyrrole nitrogens is 1. The van der Waals surface area contributed by atoms with Crippen molar-refractivity contribution in [3.8, 4) is 0 Å². The summed E-state index contributed by atoms with van der Waals surface area (Å²) in [7, 11) is 0. The van der Waals surface area contributed by atoms with Crippen LogP contribution in [0.4, 0.5) is 0 Å². The highest BCUT2D eigenvalue weighted by atomic mass is 32.1. The van der Waals surface area contributed by atoms with E-state index in [1.165, 1.54) is 24.2 Å². The van der Waals surface area contributed by atoms with E-state index in [2.05, 4.69) is 17.2 Å². The van der Waals surface area contributed by atoms with Crippen LogP contribution in [0.3, 0.4) is 0 Å². The summed E-state index contributed by atoms with van der Waals surface area (Å²) < 4.78 is 0. The Labute approximate surface area is 99.3 Å². The van der Waals surface area contributed by atoms with Crippen molar-refractivity contribution in [2.75, 3.05) is 6.54 Å². The lowest BCUT2D eigenvalue weighted by molar-refractivity contribution is 0.277. The van der Waals surface area contributed by atoms with E-state index in [0.29, 0.717) is 6.04 Å². The molecule has 1 aromatic heterocycles. The minimum Gasteiger partial charge on any atom is -0.327 e. The highest BCUT2D eigenvalue weighted by Gasteiger charge is 2.35. The second-order valence-electron chi connectivity index (χ2n) is 4.93. The Kier molecular flexibility index (Phi) is 3.47.